The Hall–Kier alpha value is -0.590. The molecule has 1 aromatic heterocycles. The van der Waals surface area contributed by atoms with Crippen molar-refractivity contribution in [2.24, 2.45) is 0 Å². The Kier molecular flexibility index (Phi) is 4.63. The summed E-state index contributed by atoms with van der Waals surface area (Å²) in [5, 5.41) is 7.61. The summed E-state index contributed by atoms with van der Waals surface area (Å²) in [5.74, 6) is 3.45. The minimum atomic E-state index is 0.00291. The van der Waals surface area contributed by atoms with Gasteiger partial charge in [0.05, 0.1) is 6.61 Å². The van der Waals surface area contributed by atoms with Crippen molar-refractivity contribution in [3.05, 3.63) is 11.7 Å². The van der Waals surface area contributed by atoms with Crippen LogP contribution in [0.4, 0.5) is 0 Å². The highest BCUT2D eigenvalue weighted by atomic mass is 32.2. The molecule has 0 spiro atoms. The van der Waals surface area contributed by atoms with Crippen LogP contribution in [0, 0.1) is 0 Å². The average Bonchev–Trinajstić information content (AvgIpc) is 2.97. The average molecular weight is 297 g/mol. The van der Waals surface area contributed by atoms with Gasteiger partial charge in [-0.3, -0.25) is 0 Å². The van der Waals surface area contributed by atoms with Crippen LogP contribution in [0.1, 0.15) is 49.9 Å². The van der Waals surface area contributed by atoms with Gasteiger partial charge in [0.1, 0.15) is 6.10 Å². The van der Waals surface area contributed by atoms with E-state index in [0.717, 1.165) is 30.4 Å². The van der Waals surface area contributed by atoms with Gasteiger partial charge in [-0.1, -0.05) is 24.4 Å². The first-order chi connectivity index (χ1) is 9.81. The van der Waals surface area contributed by atoms with E-state index >= 15 is 0 Å². The molecule has 1 unspecified atom stereocenters. The third-order valence-electron chi connectivity index (χ3n) is 4.42. The highest BCUT2D eigenvalue weighted by Gasteiger charge is 2.33. The van der Waals surface area contributed by atoms with E-state index in [0.29, 0.717) is 5.82 Å². The molecule has 1 aromatic rings. The van der Waals surface area contributed by atoms with Crippen LogP contribution < -0.4 is 5.32 Å². The monoisotopic (exact) mass is 297 g/mol. The maximum Gasteiger partial charge on any atom is 0.228 e. The lowest BCUT2D eigenvalue weighted by Crippen LogP contribution is -2.46. The van der Waals surface area contributed by atoms with Gasteiger partial charge in [0, 0.05) is 23.5 Å². The highest BCUT2D eigenvalue weighted by Crippen LogP contribution is 2.31. The van der Waals surface area contributed by atoms with E-state index in [9.17, 15) is 0 Å². The zero-order valence-electron chi connectivity index (χ0n) is 12.1. The fourth-order valence-corrected chi connectivity index (χ4v) is 3.98. The quantitative estimate of drug-likeness (QED) is 0.920. The Morgan fingerprint density at radius 3 is 2.90 bits per heavy atom. The van der Waals surface area contributed by atoms with Crippen LogP contribution in [0.25, 0.3) is 0 Å². The first-order valence-corrected chi connectivity index (χ1v) is 8.68. The van der Waals surface area contributed by atoms with Crippen molar-refractivity contribution < 1.29 is 9.26 Å². The van der Waals surface area contributed by atoms with E-state index in [4.69, 9.17) is 9.26 Å². The Morgan fingerprint density at radius 2 is 2.20 bits per heavy atom. The summed E-state index contributed by atoms with van der Waals surface area (Å²) >= 11 is 1.89. The molecule has 0 aromatic carbocycles. The van der Waals surface area contributed by atoms with E-state index in [1.807, 2.05) is 18.8 Å². The molecule has 112 valence electrons. The van der Waals surface area contributed by atoms with Crippen molar-refractivity contribution in [1.29, 1.82) is 0 Å². The molecule has 5 nitrogen and oxygen atoms in total. The minimum absolute atomic E-state index is 0.00291. The van der Waals surface area contributed by atoms with Crippen molar-refractivity contribution in [3.63, 3.8) is 0 Å². The second-order valence-corrected chi connectivity index (χ2v) is 6.90. The second kappa shape index (κ2) is 6.45. The van der Waals surface area contributed by atoms with Crippen LogP contribution >= 0.6 is 11.8 Å². The van der Waals surface area contributed by atoms with Gasteiger partial charge in [0.25, 0.3) is 0 Å². The molecule has 1 saturated carbocycles. The van der Waals surface area contributed by atoms with E-state index in [-0.39, 0.29) is 11.6 Å². The normalized spacial score (nSPS) is 26.6. The first kappa shape index (κ1) is 14.4. The lowest BCUT2D eigenvalue weighted by atomic mass is 9.79. The smallest absolute Gasteiger partial charge is 0.228 e. The summed E-state index contributed by atoms with van der Waals surface area (Å²) in [6.07, 6.45) is 7.12. The molecule has 1 saturated heterocycles. The van der Waals surface area contributed by atoms with Crippen LogP contribution in [0.15, 0.2) is 4.52 Å². The summed E-state index contributed by atoms with van der Waals surface area (Å²) in [6, 6.07) is 0. The number of hydrogen-bond donors (Lipinski definition) is 1. The van der Waals surface area contributed by atoms with Gasteiger partial charge in [0.2, 0.25) is 11.7 Å². The molecule has 2 heterocycles. The number of thioether (sulfide) groups is 1. The Balaban J connectivity index is 1.66. The number of hydrogen-bond acceptors (Lipinski definition) is 6. The van der Waals surface area contributed by atoms with Crippen molar-refractivity contribution >= 4 is 11.8 Å². The van der Waals surface area contributed by atoms with Gasteiger partial charge in [-0.15, -0.1) is 0 Å². The molecule has 1 N–H and O–H groups in total. The van der Waals surface area contributed by atoms with Crippen LogP contribution in [0.3, 0.4) is 0 Å². The maximum absolute atomic E-state index is 5.70. The van der Waals surface area contributed by atoms with Crippen molar-refractivity contribution in [1.82, 2.24) is 15.5 Å². The fraction of sp³-hybridized carbons (Fsp3) is 0.857. The zero-order valence-corrected chi connectivity index (χ0v) is 12.9. The van der Waals surface area contributed by atoms with Crippen LogP contribution in [-0.4, -0.2) is 40.8 Å². The predicted molar refractivity (Wildman–Crippen MR) is 78.9 cm³/mol. The van der Waals surface area contributed by atoms with Gasteiger partial charge >= 0.3 is 0 Å². The van der Waals surface area contributed by atoms with Gasteiger partial charge in [-0.05, 0) is 19.9 Å². The summed E-state index contributed by atoms with van der Waals surface area (Å²) in [4.78, 5) is 4.56. The second-order valence-electron chi connectivity index (χ2n) is 5.75. The Labute approximate surface area is 124 Å². The topological polar surface area (TPSA) is 60.2 Å². The third kappa shape index (κ3) is 3.18. The van der Waals surface area contributed by atoms with Crippen LogP contribution in [0.2, 0.25) is 0 Å². The van der Waals surface area contributed by atoms with Crippen LogP contribution in [-0.2, 0) is 11.2 Å². The summed E-state index contributed by atoms with van der Waals surface area (Å²) in [6.45, 7) is 0.777. The molecule has 0 amide bonds. The molecule has 1 atom stereocenters. The lowest BCUT2D eigenvalue weighted by molar-refractivity contribution is 0.0677. The Morgan fingerprint density at radius 1 is 1.35 bits per heavy atom. The molecule has 2 aliphatic rings. The number of nitrogens with zero attached hydrogens (tertiary/aromatic N) is 2. The minimum Gasteiger partial charge on any atom is -0.368 e. The number of likely N-dealkylation sites (N-methyl/N-ethyl adjacent to an activating group) is 1. The van der Waals surface area contributed by atoms with E-state index in [1.165, 1.54) is 32.1 Å². The molecule has 0 bridgehead atoms. The molecule has 6 heteroatoms. The van der Waals surface area contributed by atoms with E-state index < -0.39 is 0 Å². The summed E-state index contributed by atoms with van der Waals surface area (Å²) in [7, 11) is 2.05. The van der Waals surface area contributed by atoms with E-state index in [2.05, 4.69) is 15.5 Å². The molecule has 2 fully saturated rings. The number of rotatable bonds is 4. The number of ether oxygens (including phenoxy) is 1. The SMILES string of the molecule is CNC1(Cc2nc(C3CSCCO3)no2)CCCCC1. The van der Waals surface area contributed by atoms with Crippen molar-refractivity contribution in [3.8, 4) is 0 Å². The molecular formula is C14H23N3O2S. The maximum atomic E-state index is 5.70. The molecular weight excluding hydrogens is 274 g/mol. The van der Waals surface area contributed by atoms with Gasteiger partial charge in [-0.25, -0.2) is 0 Å². The van der Waals surface area contributed by atoms with Gasteiger partial charge in [-0.2, -0.15) is 16.7 Å². The molecule has 20 heavy (non-hydrogen) atoms. The predicted octanol–water partition coefficient (Wildman–Crippen LogP) is 2.34. The van der Waals surface area contributed by atoms with Gasteiger partial charge < -0.3 is 14.6 Å². The molecule has 1 aliphatic heterocycles. The third-order valence-corrected chi connectivity index (χ3v) is 5.41. The number of aromatic nitrogens is 2. The van der Waals surface area contributed by atoms with E-state index in [1.54, 1.807) is 0 Å². The number of nitrogens with one attached hydrogen (secondary N) is 1. The van der Waals surface area contributed by atoms with Crippen molar-refractivity contribution in [2.75, 3.05) is 25.2 Å². The molecule has 3 rings (SSSR count). The largest absolute Gasteiger partial charge is 0.368 e. The molecule has 1 aliphatic carbocycles. The highest BCUT2D eigenvalue weighted by molar-refractivity contribution is 7.99. The van der Waals surface area contributed by atoms with Crippen LogP contribution in [0.5, 0.6) is 0 Å². The van der Waals surface area contributed by atoms with Crippen molar-refractivity contribution in [2.45, 2.75) is 50.2 Å². The molecule has 0 radical (unpaired) electrons. The fourth-order valence-electron chi connectivity index (χ4n) is 3.14. The van der Waals surface area contributed by atoms with Gasteiger partial charge in [0.15, 0.2) is 0 Å². The zero-order chi connectivity index (χ0) is 13.8. The standard InChI is InChI=1S/C14H23N3O2S/c1-15-14(5-3-2-4-6-14)9-12-16-13(17-19-12)11-10-20-8-7-18-11/h11,15H,2-10H2,1H3. The first-order valence-electron chi connectivity index (χ1n) is 7.52. The Bertz CT molecular complexity index is 426. The summed E-state index contributed by atoms with van der Waals surface area (Å²) < 4.78 is 11.2. The lowest BCUT2D eigenvalue weighted by Gasteiger charge is -2.36. The summed E-state index contributed by atoms with van der Waals surface area (Å²) in [5.41, 5.74) is 0.143.